The van der Waals surface area contributed by atoms with Gasteiger partial charge in [-0.25, -0.2) is 0 Å². The van der Waals surface area contributed by atoms with Gasteiger partial charge in [-0.1, -0.05) is 12.1 Å². The molecule has 1 aromatic heterocycles. The summed E-state index contributed by atoms with van der Waals surface area (Å²) in [6.07, 6.45) is 0. The molecular weight excluding hydrogens is 328 g/mol. The Morgan fingerprint density at radius 2 is 1.88 bits per heavy atom. The maximum atomic E-state index is 13.0. The van der Waals surface area contributed by atoms with Crippen molar-refractivity contribution in [3.63, 3.8) is 0 Å². The topological polar surface area (TPSA) is 73.4 Å². The largest absolute Gasteiger partial charge is 0.497 e. The number of anilines is 2. The lowest BCUT2D eigenvalue weighted by molar-refractivity contribution is 0.415. The van der Waals surface area contributed by atoms with Crippen molar-refractivity contribution in [2.24, 2.45) is 0 Å². The van der Waals surface area contributed by atoms with Crippen molar-refractivity contribution in [3.8, 4) is 22.7 Å². The van der Waals surface area contributed by atoms with Crippen molar-refractivity contribution in [2.75, 3.05) is 31.3 Å². The molecule has 2 aromatic carbocycles. The molecule has 1 heterocycles. The van der Waals surface area contributed by atoms with Gasteiger partial charge < -0.3 is 15.4 Å². The molecule has 6 nitrogen and oxygen atoms in total. The standard InChI is InChI=1S/C20H22N4O2/c1-4-23(2)19-13-18(14-6-5-7-17(12-14)26-3)22-24(20(19)25)16-10-8-15(21)9-11-16/h5-13H,4,21H2,1-3H3. The molecule has 134 valence electrons. The van der Waals surface area contributed by atoms with Crippen molar-refractivity contribution >= 4 is 11.4 Å². The molecule has 0 fully saturated rings. The van der Waals surface area contributed by atoms with Crippen LogP contribution in [0.3, 0.4) is 0 Å². The van der Waals surface area contributed by atoms with E-state index in [2.05, 4.69) is 5.10 Å². The van der Waals surface area contributed by atoms with Crippen LogP contribution in [0.15, 0.2) is 59.4 Å². The summed E-state index contributed by atoms with van der Waals surface area (Å²) in [7, 11) is 3.51. The SMILES string of the molecule is CCN(C)c1cc(-c2cccc(OC)c2)nn(-c2ccc(N)cc2)c1=O. The Morgan fingerprint density at radius 1 is 1.15 bits per heavy atom. The first-order valence-electron chi connectivity index (χ1n) is 8.39. The zero-order valence-corrected chi connectivity index (χ0v) is 15.1. The second-order valence-corrected chi connectivity index (χ2v) is 5.97. The summed E-state index contributed by atoms with van der Waals surface area (Å²) >= 11 is 0. The van der Waals surface area contributed by atoms with Crippen molar-refractivity contribution in [2.45, 2.75) is 6.92 Å². The van der Waals surface area contributed by atoms with Gasteiger partial charge in [0.15, 0.2) is 0 Å². The summed E-state index contributed by atoms with van der Waals surface area (Å²) in [5, 5.41) is 4.58. The van der Waals surface area contributed by atoms with E-state index in [9.17, 15) is 4.79 Å². The number of nitrogens with zero attached hydrogens (tertiary/aromatic N) is 3. The van der Waals surface area contributed by atoms with Crippen LogP contribution in [0.25, 0.3) is 16.9 Å². The predicted molar refractivity (Wildman–Crippen MR) is 105 cm³/mol. The fraction of sp³-hybridized carbons (Fsp3) is 0.200. The van der Waals surface area contributed by atoms with Crippen LogP contribution in [0.2, 0.25) is 0 Å². The van der Waals surface area contributed by atoms with Gasteiger partial charge in [0, 0.05) is 24.8 Å². The van der Waals surface area contributed by atoms with Crippen LogP contribution in [0.5, 0.6) is 5.75 Å². The molecule has 0 amide bonds. The maximum absolute atomic E-state index is 13.0. The van der Waals surface area contributed by atoms with Crippen LogP contribution in [-0.4, -0.2) is 30.5 Å². The lowest BCUT2D eigenvalue weighted by Crippen LogP contribution is -2.30. The smallest absolute Gasteiger partial charge is 0.295 e. The minimum Gasteiger partial charge on any atom is -0.497 e. The summed E-state index contributed by atoms with van der Waals surface area (Å²) in [4.78, 5) is 14.9. The fourth-order valence-electron chi connectivity index (χ4n) is 2.64. The molecule has 26 heavy (non-hydrogen) atoms. The normalized spacial score (nSPS) is 10.6. The average molecular weight is 350 g/mol. The van der Waals surface area contributed by atoms with Crippen LogP contribution >= 0.6 is 0 Å². The van der Waals surface area contributed by atoms with E-state index in [-0.39, 0.29) is 5.56 Å². The van der Waals surface area contributed by atoms with Gasteiger partial charge in [0.25, 0.3) is 5.56 Å². The third-order valence-electron chi connectivity index (χ3n) is 4.28. The second kappa shape index (κ2) is 7.31. The van der Waals surface area contributed by atoms with Crippen molar-refractivity contribution in [3.05, 3.63) is 65.0 Å². The maximum Gasteiger partial charge on any atom is 0.295 e. The first-order chi connectivity index (χ1) is 12.5. The van der Waals surface area contributed by atoms with E-state index in [1.54, 1.807) is 31.4 Å². The molecule has 0 aliphatic rings. The van der Waals surface area contributed by atoms with Crippen LogP contribution < -0.4 is 20.9 Å². The number of methoxy groups -OCH3 is 1. The van der Waals surface area contributed by atoms with Crippen LogP contribution in [0, 0.1) is 0 Å². The Kier molecular flexibility index (Phi) is 4.93. The van der Waals surface area contributed by atoms with E-state index in [0.717, 1.165) is 11.3 Å². The highest BCUT2D eigenvalue weighted by Gasteiger charge is 2.14. The second-order valence-electron chi connectivity index (χ2n) is 5.97. The third kappa shape index (κ3) is 3.39. The summed E-state index contributed by atoms with van der Waals surface area (Å²) in [5.74, 6) is 0.736. The highest BCUT2D eigenvalue weighted by Crippen LogP contribution is 2.24. The summed E-state index contributed by atoms with van der Waals surface area (Å²) in [6, 6.07) is 16.5. The Morgan fingerprint density at radius 3 is 2.54 bits per heavy atom. The minimum atomic E-state index is -0.175. The average Bonchev–Trinajstić information content (AvgIpc) is 2.68. The predicted octanol–water partition coefficient (Wildman–Crippen LogP) is 2.95. The van der Waals surface area contributed by atoms with Gasteiger partial charge in [-0.2, -0.15) is 9.78 Å². The zero-order chi connectivity index (χ0) is 18.7. The van der Waals surface area contributed by atoms with E-state index in [4.69, 9.17) is 10.5 Å². The van der Waals surface area contributed by atoms with E-state index in [0.29, 0.717) is 29.3 Å². The number of rotatable bonds is 5. The van der Waals surface area contributed by atoms with Gasteiger partial charge in [-0.3, -0.25) is 4.79 Å². The van der Waals surface area contributed by atoms with Crippen LogP contribution in [0.1, 0.15) is 6.92 Å². The first kappa shape index (κ1) is 17.5. The van der Waals surface area contributed by atoms with Crippen molar-refractivity contribution in [1.82, 2.24) is 9.78 Å². The van der Waals surface area contributed by atoms with Gasteiger partial charge in [-0.15, -0.1) is 0 Å². The molecule has 0 bridgehead atoms. The number of ether oxygens (including phenoxy) is 1. The van der Waals surface area contributed by atoms with Gasteiger partial charge in [0.05, 0.1) is 18.5 Å². The Hall–Kier alpha value is -3.28. The molecule has 6 heteroatoms. The molecule has 0 saturated heterocycles. The van der Waals surface area contributed by atoms with Crippen molar-refractivity contribution < 1.29 is 4.74 Å². The quantitative estimate of drug-likeness (QED) is 0.716. The molecular formula is C20H22N4O2. The Bertz CT molecular complexity index is 964. The Balaban J connectivity index is 2.23. The van der Waals surface area contributed by atoms with Crippen molar-refractivity contribution in [1.29, 1.82) is 0 Å². The molecule has 0 aliphatic heterocycles. The lowest BCUT2D eigenvalue weighted by Gasteiger charge is -2.19. The highest BCUT2D eigenvalue weighted by atomic mass is 16.5. The first-order valence-corrected chi connectivity index (χ1v) is 8.39. The van der Waals surface area contributed by atoms with Gasteiger partial charge >= 0.3 is 0 Å². The minimum absolute atomic E-state index is 0.175. The van der Waals surface area contributed by atoms with Crippen LogP contribution in [-0.2, 0) is 0 Å². The zero-order valence-electron chi connectivity index (χ0n) is 15.1. The summed E-state index contributed by atoms with van der Waals surface area (Å²) < 4.78 is 6.72. The molecule has 2 N–H and O–H groups in total. The molecule has 0 unspecified atom stereocenters. The lowest BCUT2D eigenvalue weighted by atomic mass is 10.1. The van der Waals surface area contributed by atoms with E-state index >= 15 is 0 Å². The molecule has 0 saturated carbocycles. The molecule has 0 spiro atoms. The highest BCUT2D eigenvalue weighted by molar-refractivity contribution is 5.65. The molecule has 3 aromatic rings. The van der Waals surface area contributed by atoms with Gasteiger partial charge in [-0.05, 0) is 49.4 Å². The van der Waals surface area contributed by atoms with E-state index < -0.39 is 0 Å². The number of benzene rings is 2. The van der Waals surface area contributed by atoms with E-state index in [1.807, 2.05) is 49.2 Å². The number of nitrogens with two attached hydrogens (primary N) is 1. The molecule has 3 rings (SSSR count). The molecule has 0 atom stereocenters. The van der Waals surface area contributed by atoms with Gasteiger partial charge in [0.2, 0.25) is 0 Å². The monoisotopic (exact) mass is 350 g/mol. The van der Waals surface area contributed by atoms with Gasteiger partial charge in [0.1, 0.15) is 11.4 Å². The Labute approximate surface area is 152 Å². The summed E-state index contributed by atoms with van der Waals surface area (Å²) in [5.41, 5.74) is 9.04. The number of nitrogen functional groups attached to an aromatic ring is 1. The summed E-state index contributed by atoms with van der Waals surface area (Å²) in [6.45, 7) is 2.71. The van der Waals surface area contributed by atoms with E-state index in [1.165, 1.54) is 4.68 Å². The third-order valence-corrected chi connectivity index (χ3v) is 4.28. The number of hydrogen-bond donors (Lipinski definition) is 1. The molecule has 0 radical (unpaired) electrons. The number of hydrogen-bond acceptors (Lipinski definition) is 5. The van der Waals surface area contributed by atoms with Crippen LogP contribution in [0.4, 0.5) is 11.4 Å². The molecule has 0 aliphatic carbocycles. The number of aromatic nitrogens is 2. The fourth-order valence-corrected chi connectivity index (χ4v) is 2.64.